The Morgan fingerprint density at radius 1 is 1.04 bits per heavy atom. The molecule has 0 amide bonds. The molecular weight excluding hydrogens is 350 g/mol. The van der Waals surface area contributed by atoms with Gasteiger partial charge in [0.2, 0.25) is 0 Å². The third-order valence-electron chi connectivity index (χ3n) is 5.31. The number of aryl methyl sites for hydroxylation is 1. The van der Waals surface area contributed by atoms with Crippen LogP contribution >= 0.6 is 0 Å². The summed E-state index contributed by atoms with van der Waals surface area (Å²) in [6.45, 7) is 11.1. The quantitative estimate of drug-likeness (QED) is 0.733. The van der Waals surface area contributed by atoms with Gasteiger partial charge in [0.05, 0.1) is 18.9 Å². The van der Waals surface area contributed by atoms with Crippen LogP contribution in [0.2, 0.25) is 0 Å². The number of hydrogen-bond donors (Lipinski definition) is 1. The first kappa shape index (κ1) is 18.8. The van der Waals surface area contributed by atoms with E-state index in [0.717, 1.165) is 55.4 Å². The molecule has 3 aromatic rings. The number of pyridine rings is 1. The molecule has 4 rings (SSSR count). The smallest absolute Gasteiger partial charge is 0.117 e. The van der Waals surface area contributed by atoms with Crippen molar-refractivity contribution >= 4 is 0 Å². The van der Waals surface area contributed by atoms with E-state index < -0.39 is 0 Å². The van der Waals surface area contributed by atoms with Gasteiger partial charge >= 0.3 is 0 Å². The molecule has 3 heterocycles. The van der Waals surface area contributed by atoms with Crippen molar-refractivity contribution in [3.63, 3.8) is 0 Å². The number of aromatic amines is 1. The summed E-state index contributed by atoms with van der Waals surface area (Å²) >= 11 is 0. The van der Waals surface area contributed by atoms with E-state index in [1.54, 1.807) is 0 Å². The lowest BCUT2D eigenvalue weighted by Gasteiger charge is -2.27. The van der Waals surface area contributed by atoms with Gasteiger partial charge in [0, 0.05) is 43.2 Å². The number of nitrogens with zero attached hydrogens (tertiary/aromatic N) is 4. The van der Waals surface area contributed by atoms with Crippen LogP contribution in [0.4, 0.5) is 0 Å². The summed E-state index contributed by atoms with van der Waals surface area (Å²) in [5.74, 6) is 0.305. The molecule has 146 valence electrons. The Morgan fingerprint density at radius 3 is 2.57 bits per heavy atom. The lowest BCUT2D eigenvalue weighted by atomic mass is 9.98. The molecule has 0 spiro atoms. The third kappa shape index (κ3) is 3.98. The van der Waals surface area contributed by atoms with Crippen LogP contribution in [0.1, 0.15) is 36.6 Å². The van der Waals surface area contributed by atoms with Crippen LogP contribution in [0.3, 0.4) is 0 Å². The van der Waals surface area contributed by atoms with E-state index >= 15 is 0 Å². The van der Waals surface area contributed by atoms with Crippen molar-refractivity contribution in [3.05, 3.63) is 53.5 Å². The fraction of sp³-hybridized carbons (Fsp3) is 0.409. The van der Waals surface area contributed by atoms with Crippen molar-refractivity contribution in [1.82, 2.24) is 25.3 Å². The standard InChI is InChI=1S/C22H27N5O/c1-15(2)21-22(25-26-24-21)20-11-19(12-23-13-20)17-4-5-18(16(3)10-17)14-27-6-8-28-9-7-27/h4-5,10-13,15H,6-9,14H2,1-3H3,(H,24,25,26). The van der Waals surface area contributed by atoms with E-state index in [-0.39, 0.29) is 0 Å². The number of nitrogens with one attached hydrogen (secondary N) is 1. The molecule has 1 fully saturated rings. The van der Waals surface area contributed by atoms with Gasteiger partial charge in [0.15, 0.2) is 0 Å². The molecule has 0 radical (unpaired) electrons. The number of ether oxygens (including phenoxy) is 1. The van der Waals surface area contributed by atoms with Gasteiger partial charge in [-0.05, 0) is 35.6 Å². The summed E-state index contributed by atoms with van der Waals surface area (Å²) in [4.78, 5) is 6.91. The average Bonchev–Trinajstić information content (AvgIpc) is 3.21. The second kappa shape index (κ2) is 8.20. The molecule has 6 nitrogen and oxygen atoms in total. The normalized spacial score (nSPS) is 15.3. The zero-order valence-electron chi connectivity index (χ0n) is 16.8. The Morgan fingerprint density at radius 2 is 1.82 bits per heavy atom. The van der Waals surface area contributed by atoms with Crippen molar-refractivity contribution in [1.29, 1.82) is 0 Å². The average molecular weight is 377 g/mol. The maximum absolute atomic E-state index is 5.45. The summed E-state index contributed by atoms with van der Waals surface area (Å²) < 4.78 is 5.45. The van der Waals surface area contributed by atoms with Crippen molar-refractivity contribution in [2.45, 2.75) is 33.2 Å². The number of hydrogen-bond acceptors (Lipinski definition) is 5. The highest BCUT2D eigenvalue weighted by molar-refractivity contribution is 5.71. The minimum Gasteiger partial charge on any atom is -0.379 e. The van der Waals surface area contributed by atoms with Crippen molar-refractivity contribution in [3.8, 4) is 22.4 Å². The fourth-order valence-electron chi connectivity index (χ4n) is 3.63. The third-order valence-corrected chi connectivity index (χ3v) is 5.31. The lowest BCUT2D eigenvalue weighted by Crippen LogP contribution is -2.35. The van der Waals surface area contributed by atoms with E-state index in [4.69, 9.17) is 4.74 Å². The summed E-state index contributed by atoms with van der Waals surface area (Å²) in [5, 5.41) is 11.4. The summed E-state index contributed by atoms with van der Waals surface area (Å²) in [6, 6.07) is 8.83. The Balaban J connectivity index is 1.59. The molecule has 1 aliphatic rings. The largest absolute Gasteiger partial charge is 0.379 e. The van der Waals surface area contributed by atoms with E-state index in [1.807, 2.05) is 12.4 Å². The molecule has 1 saturated heterocycles. The van der Waals surface area contributed by atoms with E-state index in [0.29, 0.717) is 5.92 Å². The first-order chi connectivity index (χ1) is 13.6. The van der Waals surface area contributed by atoms with Gasteiger partial charge in [-0.25, -0.2) is 0 Å². The van der Waals surface area contributed by atoms with Gasteiger partial charge in [-0.1, -0.05) is 32.0 Å². The van der Waals surface area contributed by atoms with Crippen LogP contribution in [0, 0.1) is 6.92 Å². The number of benzene rings is 1. The number of rotatable bonds is 5. The lowest BCUT2D eigenvalue weighted by molar-refractivity contribution is 0.0341. The number of morpholine rings is 1. The van der Waals surface area contributed by atoms with Crippen LogP contribution in [0.15, 0.2) is 36.7 Å². The van der Waals surface area contributed by atoms with Gasteiger partial charge < -0.3 is 4.74 Å². The van der Waals surface area contributed by atoms with Gasteiger partial charge in [-0.2, -0.15) is 15.4 Å². The molecule has 0 atom stereocenters. The predicted molar refractivity (Wildman–Crippen MR) is 110 cm³/mol. The highest BCUT2D eigenvalue weighted by Gasteiger charge is 2.15. The van der Waals surface area contributed by atoms with Crippen LogP contribution in [-0.2, 0) is 11.3 Å². The molecule has 0 unspecified atom stereocenters. The molecule has 1 N–H and O–H groups in total. The Hall–Kier alpha value is -2.57. The maximum Gasteiger partial charge on any atom is 0.117 e. The SMILES string of the molecule is Cc1cc(-c2cncc(-c3n[nH]nc3C(C)C)c2)ccc1CN1CCOCC1. The number of aromatic nitrogens is 4. The maximum atomic E-state index is 5.45. The van der Waals surface area contributed by atoms with E-state index in [1.165, 1.54) is 16.7 Å². The predicted octanol–water partition coefficient (Wildman–Crippen LogP) is 3.80. The molecule has 0 saturated carbocycles. The van der Waals surface area contributed by atoms with E-state index in [9.17, 15) is 0 Å². The summed E-state index contributed by atoms with van der Waals surface area (Å²) in [7, 11) is 0. The molecule has 6 heteroatoms. The first-order valence-electron chi connectivity index (χ1n) is 9.88. The zero-order chi connectivity index (χ0) is 19.5. The van der Waals surface area contributed by atoms with Gasteiger partial charge in [-0.15, -0.1) is 0 Å². The topological polar surface area (TPSA) is 66.9 Å². The van der Waals surface area contributed by atoms with Crippen molar-refractivity contribution in [2.24, 2.45) is 0 Å². The molecule has 0 bridgehead atoms. The van der Waals surface area contributed by atoms with Crippen LogP contribution in [-0.4, -0.2) is 51.6 Å². The summed E-state index contributed by atoms with van der Waals surface area (Å²) in [6.07, 6.45) is 3.77. The highest BCUT2D eigenvalue weighted by atomic mass is 16.5. The Bertz CT molecular complexity index is 944. The van der Waals surface area contributed by atoms with Crippen LogP contribution in [0.5, 0.6) is 0 Å². The van der Waals surface area contributed by atoms with Crippen molar-refractivity contribution < 1.29 is 4.74 Å². The van der Waals surface area contributed by atoms with Gasteiger partial charge in [-0.3, -0.25) is 9.88 Å². The zero-order valence-corrected chi connectivity index (χ0v) is 16.8. The fourth-order valence-corrected chi connectivity index (χ4v) is 3.63. The number of H-pyrrole nitrogens is 1. The van der Waals surface area contributed by atoms with Gasteiger partial charge in [0.1, 0.15) is 5.69 Å². The second-order valence-electron chi connectivity index (χ2n) is 7.70. The Labute approximate surface area is 166 Å². The molecule has 1 aromatic carbocycles. The highest BCUT2D eigenvalue weighted by Crippen LogP contribution is 2.29. The first-order valence-corrected chi connectivity index (χ1v) is 9.88. The second-order valence-corrected chi connectivity index (χ2v) is 7.70. The molecule has 28 heavy (non-hydrogen) atoms. The van der Waals surface area contributed by atoms with E-state index in [2.05, 4.69) is 70.3 Å². The summed E-state index contributed by atoms with van der Waals surface area (Å²) in [5.41, 5.74) is 7.78. The minimum absolute atomic E-state index is 0.305. The van der Waals surface area contributed by atoms with Crippen LogP contribution < -0.4 is 0 Å². The molecule has 2 aromatic heterocycles. The van der Waals surface area contributed by atoms with Crippen molar-refractivity contribution in [2.75, 3.05) is 26.3 Å². The molecule has 1 aliphatic heterocycles. The monoisotopic (exact) mass is 377 g/mol. The molecule has 0 aliphatic carbocycles. The van der Waals surface area contributed by atoms with Crippen LogP contribution in [0.25, 0.3) is 22.4 Å². The Kier molecular flexibility index (Phi) is 5.50. The molecular formula is C22H27N5O. The van der Waals surface area contributed by atoms with Gasteiger partial charge in [0.25, 0.3) is 0 Å². The minimum atomic E-state index is 0.305.